The Balaban J connectivity index is 3.01. The fraction of sp³-hybridized carbons (Fsp3) is 0.182. The highest BCUT2D eigenvalue weighted by Gasteiger charge is 2.20. The summed E-state index contributed by atoms with van der Waals surface area (Å²) >= 11 is 0. The molecule has 1 rings (SSSR count). The van der Waals surface area contributed by atoms with Crippen molar-refractivity contribution in [2.75, 3.05) is 0 Å². The zero-order valence-corrected chi connectivity index (χ0v) is 9.04. The molecule has 0 bridgehead atoms. The first-order valence-electron chi connectivity index (χ1n) is 4.73. The minimum absolute atomic E-state index is 0.109. The van der Waals surface area contributed by atoms with Crippen LogP contribution in [0.15, 0.2) is 30.3 Å². The van der Waals surface area contributed by atoms with Gasteiger partial charge in [-0.15, -0.1) is 0 Å². The molecule has 0 aliphatic carbocycles. The number of hydrogen-bond acceptors (Lipinski definition) is 2. The molecule has 0 heterocycles. The van der Waals surface area contributed by atoms with Gasteiger partial charge in [-0.1, -0.05) is 29.8 Å². The Bertz CT molecular complexity index is 399. The maximum Gasteiger partial charge on any atom is 0.796 e. The summed E-state index contributed by atoms with van der Waals surface area (Å²) in [6, 6.07) is 6.79. The van der Waals surface area contributed by atoms with E-state index in [1.54, 1.807) is 24.3 Å². The van der Waals surface area contributed by atoms with Crippen molar-refractivity contribution < 1.29 is 18.1 Å². The van der Waals surface area contributed by atoms with Crippen molar-refractivity contribution in [2.45, 2.75) is 13.8 Å². The van der Waals surface area contributed by atoms with Crippen LogP contribution in [0.1, 0.15) is 18.1 Å². The molecule has 5 heteroatoms. The molecule has 1 aromatic rings. The Labute approximate surface area is 93.1 Å². The highest BCUT2D eigenvalue weighted by molar-refractivity contribution is 6.36. The third kappa shape index (κ3) is 3.84. The summed E-state index contributed by atoms with van der Waals surface area (Å²) in [5, 5.41) is 0. The molecule has 0 saturated carbocycles. The summed E-state index contributed by atoms with van der Waals surface area (Å²) in [6.07, 6.45) is 1.05. The van der Waals surface area contributed by atoms with Gasteiger partial charge in [-0.2, -0.15) is 0 Å². The maximum atomic E-state index is 12.1. The monoisotopic (exact) mass is 224 g/mol. The molecule has 16 heavy (non-hydrogen) atoms. The molecule has 84 valence electrons. The first-order chi connectivity index (χ1) is 7.49. The summed E-state index contributed by atoms with van der Waals surface area (Å²) in [4.78, 5) is 10.9. The minimum atomic E-state index is -2.94. The molecular formula is C11H11BF2O2. The molecule has 0 N–H and O–H groups in total. The topological polar surface area (TPSA) is 26.3 Å². The van der Waals surface area contributed by atoms with E-state index in [-0.39, 0.29) is 11.5 Å². The van der Waals surface area contributed by atoms with E-state index < -0.39 is 7.47 Å². The van der Waals surface area contributed by atoms with Gasteiger partial charge < -0.3 is 4.65 Å². The van der Waals surface area contributed by atoms with Gasteiger partial charge in [0.05, 0.1) is 0 Å². The Morgan fingerprint density at radius 3 is 2.31 bits per heavy atom. The van der Waals surface area contributed by atoms with Crippen molar-refractivity contribution in [3.8, 4) is 0 Å². The van der Waals surface area contributed by atoms with E-state index in [1.807, 2.05) is 6.92 Å². The second-order valence-corrected chi connectivity index (χ2v) is 3.36. The summed E-state index contributed by atoms with van der Waals surface area (Å²) in [6.45, 7) is 3.16. The van der Waals surface area contributed by atoms with Gasteiger partial charge in [0.2, 0.25) is 0 Å². The van der Waals surface area contributed by atoms with E-state index >= 15 is 0 Å². The Kier molecular flexibility index (Phi) is 4.23. The lowest BCUT2D eigenvalue weighted by Crippen LogP contribution is -2.05. The summed E-state index contributed by atoms with van der Waals surface area (Å²) in [5.74, 6) is -0.446. The fourth-order valence-corrected chi connectivity index (χ4v) is 1.18. The van der Waals surface area contributed by atoms with E-state index in [1.165, 1.54) is 6.92 Å². The van der Waals surface area contributed by atoms with Crippen LogP contribution < -0.4 is 0 Å². The molecular weight excluding hydrogens is 213 g/mol. The quantitative estimate of drug-likeness (QED) is 0.446. The predicted octanol–water partition coefficient (Wildman–Crippen LogP) is 2.87. The number of allylic oxidation sites excluding steroid dienone is 1. The molecule has 0 radical (unpaired) electrons. The van der Waals surface area contributed by atoms with Crippen LogP contribution in [0.3, 0.4) is 0 Å². The van der Waals surface area contributed by atoms with Crippen LogP contribution >= 0.6 is 0 Å². The molecule has 0 saturated heterocycles. The SMILES string of the molecule is CC(=O)/C=C(/OB(F)F)c1ccc(C)cc1. The standard InChI is InChI=1S/C11H11BF2O2/c1-8-3-5-10(6-4-8)11(7-9(2)15)16-12(13)14/h3-7H,1-2H3/b11-7+. The molecule has 0 atom stereocenters. The molecule has 2 nitrogen and oxygen atoms in total. The average molecular weight is 224 g/mol. The second-order valence-electron chi connectivity index (χ2n) is 3.36. The van der Waals surface area contributed by atoms with Gasteiger partial charge in [-0.3, -0.25) is 4.79 Å². The van der Waals surface area contributed by atoms with Gasteiger partial charge in [0.25, 0.3) is 0 Å². The normalized spacial score (nSPS) is 11.1. The summed E-state index contributed by atoms with van der Waals surface area (Å²) in [5.41, 5.74) is 1.46. The smallest absolute Gasteiger partial charge is 0.505 e. The van der Waals surface area contributed by atoms with Gasteiger partial charge in [-0.05, 0) is 13.8 Å². The number of rotatable bonds is 4. The highest BCUT2D eigenvalue weighted by atomic mass is 19.2. The minimum Gasteiger partial charge on any atom is -0.505 e. The first kappa shape index (κ1) is 12.4. The second kappa shape index (κ2) is 5.44. The van der Waals surface area contributed by atoms with E-state index in [2.05, 4.69) is 4.65 Å². The highest BCUT2D eigenvalue weighted by Crippen LogP contribution is 2.18. The van der Waals surface area contributed by atoms with Crippen molar-refractivity contribution in [3.05, 3.63) is 41.5 Å². The van der Waals surface area contributed by atoms with Crippen LogP contribution in [0.25, 0.3) is 5.76 Å². The number of carbonyl (C=O) groups is 1. The number of aryl methyl sites for hydroxylation is 1. The van der Waals surface area contributed by atoms with E-state index in [0.717, 1.165) is 11.6 Å². The summed E-state index contributed by atoms with van der Waals surface area (Å²) < 4.78 is 28.5. The van der Waals surface area contributed by atoms with Crippen molar-refractivity contribution in [1.82, 2.24) is 0 Å². The van der Waals surface area contributed by atoms with Crippen LogP contribution in [0.2, 0.25) is 0 Å². The van der Waals surface area contributed by atoms with E-state index in [0.29, 0.717) is 5.56 Å². The molecule has 0 aromatic heterocycles. The zero-order chi connectivity index (χ0) is 12.1. The van der Waals surface area contributed by atoms with Gasteiger partial charge in [0.15, 0.2) is 5.78 Å². The van der Waals surface area contributed by atoms with Gasteiger partial charge in [-0.25, -0.2) is 8.63 Å². The van der Waals surface area contributed by atoms with E-state index in [4.69, 9.17) is 0 Å². The third-order valence-electron chi connectivity index (χ3n) is 1.89. The van der Waals surface area contributed by atoms with Gasteiger partial charge in [0, 0.05) is 11.6 Å². The van der Waals surface area contributed by atoms with Crippen LogP contribution in [-0.2, 0) is 9.45 Å². The molecule has 1 aromatic carbocycles. The zero-order valence-electron chi connectivity index (χ0n) is 9.04. The molecule has 0 amide bonds. The van der Waals surface area contributed by atoms with Crippen LogP contribution in [-0.4, -0.2) is 13.3 Å². The molecule has 0 aliphatic heterocycles. The van der Waals surface area contributed by atoms with Crippen molar-refractivity contribution in [1.29, 1.82) is 0 Å². The lowest BCUT2D eigenvalue weighted by Gasteiger charge is -2.08. The fourth-order valence-electron chi connectivity index (χ4n) is 1.18. The maximum absolute atomic E-state index is 12.1. The molecule has 0 fully saturated rings. The third-order valence-corrected chi connectivity index (χ3v) is 1.89. The number of carbonyl (C=O) groups excluding carboxylic acids is 1. The first-order valence-corrected chi connectivity index (χ1v) is 4.73. The van der Waals surface area contributed by atoms with Crippen molar-refractivity contribution in [2.24, 2.45) is 0 Å². The molecule has 0 aliphatic rings. The lowest BCUT2D eigenvalue weighted by atomic mass is 10.1. The summed E-state index contributed by atoms with van der Waals surface area (Å²) in [7, 11) is -2.94. The Morgan fingerprint density at radius 1 is 1.31 bits per heavy atom. The van der Waals surface area contributed by atoms with Crippen LogP contribution in [0, 0.1) is 6.92 Å². The van der Waals surface area contributed by atoms with Gasteiger partial charge >= 0.3 is 7.47 Å². The largest absolute Gasteiger partial charge is 0.796 e. The van der Waals surface area contributed by atoms with Crippen molar-refractivity contribution in [3.63, 3.8) is 0 Å². The Morgan fingerprint density at radius 2 is 1.88 bits per heavy atom. The van der Waals surface area contributed by atoms with Crippen molar-refractivity contribution >= 4 is 19.0 Å². The number of hydrogen-bond donors (Lipinski definition) is 0. The van der Waals surface area contributed by atoms with Crippen LogP contribution in [0.5, 0.6) is 0 Å². The lowest BCUT2D eigenvalue weighted by molar-refractivity contribution is -0.112. The number of ketones is 1. The number of benzene rings is 1. The Hall–Kier alpha value is -1.65. The predicted molar refractivity (Wildman–Crippen MR) is 58.9 cm³/mol. The average Bonchev–Trinajstić information content (AvgIpc) is 2.16. The van der Waals surface area contributed by atoms with Crippen LogP contribution in [0.4, 0.5) is 8.63 Å². The number of halogens is 2. The van der Waals surface area contributed by atoms with E-state index in [9.17, 15) is 13.4 Å². The molecule has 0 unspecified atom stereocenters. The molecule has 0 spiro atoms. The van der Waals surface area contributed by atoms with Gasteiger partial charge in [0.1, 0.15) is 5.76 Å².